The van der Waals surface area contributed by atoms with Gasteiger partial charge in [0.25, 0.3) is 5.91 Å². The van der Waals surface area contributed by atoms with Crippen LogP contribution in [-0.4, -0.2) is 17.0 Å². The summed E-state index contributed by atoms with van der Waals surface area (Å²) < 4.78 is 0. The number of aromatic carboxylic acids is 1. The van der Waals surface area contributed by atoms with Crippen molar-refractivity contribution in [2.75, 3.05) is 11.1 Å². The van der Waals surface area contributed by atoms with Gasteiger partial charge in [-0.05, 0) is 55.0 Å². The van der Waals surface area contributed by atoms with Crippen molar-refractivity contribution in [3.8, 4) is 0 Å². The number of amides is 1. The molecule has 102 valence electrons. The first-order chi connectivity index (χ1) is 9.47. The van der Waals surface area contributed by atoms with Crippen molar-refractivity contribution in [1.29, 1.82) is 0 Å². The molecule has 2 aromatic rings. The van der Waals surface area contributed by atoms with E-state index >= 15 is 0 Å². The molecule has 4 N–H and O–H groups in total. The molecular formula is C15H14N2O3. The number of benzene rings is 2. The van der Waals surface area contributed by atoms with Crippen molar-refractivity contribution in [2.24, 2.45) is 0 Å². The Labute approximate surface area is 116 Å². The van der Waals surface area contributed by atoms with Crippen LogP contribution in [0.15, 0.2) is 42.5 Å². The number of anilines is 2. The maximum absolute atomic E-state index is 12.0. The molecule has 0 fully saturated rings. The van der Waals surface area contributed by atoms with E-state index in [2.05, 4.69) is 5.32 Å². The third-order valence-corrected chi connectivity index (χ3v) is 2.89. The Morgan fingerprint density at radius 3 is 2.30 bits per heavy atom. The van der Waals surface area contributed by atoms with Gasteiger partial charge >= 0.3 is 5.97 Å². The SMILES string of the molecule is Cc1cc(NC(=O)c2ccc(N)cc2)ccc1C(=O)O. The molecule has 0 spiro atoms. The summed E-state index contributed by atoms with van der Waals surface area (Å²) in [6.45, 7) is 1.68. The number of carboxylic acid groups (broad SMARTS) is 1. The van der Waals surface area contributed by atoms with Crippen LogP contribution < -0.4 is 11.1 Å². The van der Waals surface area contributed by atoms with E-state index in [1.807, 2.05) is 0 Å². The summed E-state index contributed by atoms with van der Waals surface area (Å²) in [7, 11) is 0. The van der Waals surface area contributed by atoms with Crippen LogP contribution in [0.4, 0.5) is 11.4 Å². The molecule has 0 aliphatic heterocycles. The fourth-order valence-corrected chi connectivity index (χ4v) is 1.82. The topological polar surface area (TPSA) is 92.4 Å². The standard InChI is InChI=1S/C15H14N2O3/c1-9-8-12(6-7-13(9)15(19)20)17-14(18)10-2-4-11(16)5-3-10/h2-8H,16H2,1H3,(H,17,18)(H,19,20). The highest BCUT2D eigenvalue weighted by Gasteiger charge is 2.09. The zero-order valence-electron chi connectivity index (χ0n) is 10.9. The Hall–Kier alpha value is -2.82. The van der Waals surface area contributed by atoms with E-state index in [1.165, 1.54) is 6.07 Å². The second kappa shape index (κ2) is 5.44. The Morgan fingerprint density at radius 2 is 1.75 bits per heavy atom. The number of carboxylic acids is 1. The molecule has 0 heterocycles. The van der Waals surface area contributed by atoms with Gasteiger partial charge < -0.3 is 16.2 Å². The Balaban J connectivity index is 2.18. The van der Waals surface area contributed by atoms with Gasteiger partial charge in [0.15, 0.2) is 0 Å². The molecule has 0 radical (unpaired) electrons. The number of nitrogen functional groups attached to an aromatic ring is 1. The Kier molecular flexibility index (Phi) is 3.70. The summed E-state index contributed by atoms with van der Waals surface area (Å²) in [5, 5.41) is 11.7. The van der Waals surface area contributed by atoms with Crippen LogP contribution in [0.25, 0.3) is 0 Å². The number of hydrogen-bond donors (Lipinski definition) is 3. The Morgan fingerprint density at radius 1 is 1.10 bits per heavy atom. The molecule has 0 saturated carbocycles. The van der Waals surface area contributed by atoms with Gasteiger partial charge in [-0.15, -0.1) is 0 Å². The van der Waals surface area contributed by atoms with Crippen molar-refractivity contribution in [3.63, 3.8) is 0 Å². The first-order valence-electron chi connectivity index (χ1n) is 5.98. The van der Waals surface area contributed by atoms with Crippen molar-refractivity contribution < 1.29 is 14.7 Å². The highest BCUT2D eigenvalue weighted by molar-refractivity contribution is 6.04. The van der Waals surface area contributed by atoms with Gasteiger partial charge in [-0.25, -0.2) is 4.79 Å². The van der Waals surface area contributed by atoms with Crippen LogP contribution in [0.2, 0.25) is 0 Å². The maximum atomic E-state index is 12.0. The van der Waals surface area contributed by atoms with Gasteiger partial charge in [-0.3, -0.25) is 4.79 Å². The molecular weight excluding hydrogens is 256 g/mol. The number of rotatable bonds is 3. The molecule has 2 rings (SSSR count). The molecule has 0 aromatic heterocycles. The van der Waals surface area contributed by atoms with E-state index in [9.17, 15) is 9.59 Å². The molecule has 0 bridgehead atoms. The van der Waals surface area contributed by atoms with E-state index in [0.717, 1.165) is 0 Å². The lowest BCUT2D eigenvalue weighted by Gasteiger charge is -2.08. The van der Waals surface area contributed by atoms with E-state index in [-0.39, 0.29) is 11.5 Å². The quantitative estimate of drug-likeness (QED) is 0.747. The normalized spacial score (nSPS) is 10.1. The monoisotopic (exact) mass is 270 g/mol. The highest BCUT2D eigenvalue weighted by Crippen LogP contribution is 2.16. The van der Waals surface area contributed by atoms with Crippen molar-refractivity contribution in [3.05, 3.63) is 59.2 Å². The second-order valence-electron chi connectivity index (χ2n) is 4.41. The van der Waals surface area contributed by atoms with E-state index in [4.69, 9.17) is 10.8 Å². The minimum Gasteiger partial charge on any atom is -0.478 e. The fourth-order valence-electron chi connectivity index (χ4n) is 1.82. The molecule has 0 atom stereocenters. The average Bonchev–Trinajstić information content (AvgIpc) is 2.39. The van der Waals surface area contributed by atoms with E-state index in [0.29, 0.717) is 22.5 Å². The lowest BCUT2D eigenvalue weighted by molar-refractivity contribution is 0.0696. The first-order valence-corrected chi connectivity index (χ1v) is 5.98. The highest BCUT2D eigenvalue weighted by atomic mass is 16.4. The third-order valence-electron chi connectivity index (χ3n) is 2.89. The van der Waals surface area contributed by atoms with Gasteiger partial charge in [0.05, 0.1) is 5.56 Å². The van der Waals surface area contributed by atoms with E-state index < -0.39 is 5.97 Å². The number of nitrogens with two attached hydrogens (primary N) is 1. The fraction of sp³-hybridized carbons (Fsp3) is 0.0667. The predicted molar refractivity (Wildman–Crippen MR) is 76.9 cm³/mol. The summed E-state index contributed by atoms with van der Waals surface area (Å²) in [6, 6.07) is 11.2. The predicted octanol–water partition coefficient (Wildman–Crippen LogP) is 2.53. The minimum absolute atomic E-state index is 0.218. The van der Waals surface area contributed by atoms with Gasteiger partial charge in [0.2, 0.25) is 0 Å². The number of carbonyl (C=O) groups excluding carboxylic acids is 1. The molecule has 5 nitrogen and oxygen atoms in total. The van der Waals surface area contributed by atoms with Crippen LogP contribution in [0.5, 0.6) is 0 Å². The minimum atomic E-state index is -0.987. The lowest BCUT2D eigenvalue weighted by Crippen LogP contribution is -2.12. The zero-order valence-corrected chi connectivity index (χ0v) is 10.9. The van der Waals surface area contributed by atoms with Crippen LogP contribution in [0.3, 0.4) is 0 Å². The van der Waals surface area contributed by atoms with Crippen LogP contribution in [0.1, 0.15) is 26.3 Å². The number of nitrogens with one attached hydrogen (secondary N) is 1. The van der Waals surface area contributed by atoms with Crippen LogP contribution in [0, 0.1) is 6.92 Å². The lowest BCUT2D eigenvalue weighted by atomic mass is 10.1. The molecule has 0 aliphatic carbocycles. The van der Waals surface area contributed by atoms with Crippen molar-refractivity contribution >= 4 is 23.3 Å². The smallest absolute Gasteiger partial charge is 0.335 e. The van der Waals surface area contributed by atoms with Crippen LogP contribution in [-0.2, 0) is 0 Å². The van der Waals surface area contributed by atoms with Gasteiger partial charge in [-0.2, -0.15) is 0 Å². The summed E-state index contributed by atoms with van der Waals surface area (Å²) in [5.74, 6) is -1.26. The summed E-state index contributed by atoms with van der Waals surface area (Å²) in [5.41, 5.74) is 7.99. The molecule has 2 aromatic carbocycles. The zero-order chi connectivity index (χ0) is 14.7. The average molecular weight is 270 g/mol. The molecule has 0 unspecified atom stereocenters. The Bertz CT molecular complexity index is 663. The van der Waals surface area contributed by atoms with Crippen molar-refractivity contribution in [2.45, 2.75) is 6.92 Å². The van der Waals surface area contributed by atoms with Gasteiger partial charge in [0.1, 0.15) is 0 Å². The molecule has 20 heavy (non-hydrogen) atoms. The maximum Gasteiger partial charge on any atom is 0.335 e. The van der Waals surface area contributed by atoms with Gasteiger partial charge in [-0.1, -0.05) is 0 Å². The molecule has 1 amide bonds. The largest absolute Gasteiger partial charge is 0.478 e. The van der Waals surface area contributed by atoms with Crippen molar-refractivity contribution in [1.82, 2.24) is 0 Å². The number of aryl methyl sites for hydroxylation is 1. The molecule has 0 aliphatic rings. The summed E-state index contributed by atoms with van der Waals surface area (Å²) in [4.78, 5) is 22.9. The number of hydrogen-bond acceptors (Lipinski definition) is 3. The first kappa shape index (κ1) is 13.6. The molecule has 5 heteroatoms. The summed E-state index contributed by atoms with van der Waals surface area (Å²) >= 11 is 0. The number of carbonyl (C=O) groups is 2. The third kappa shape index (κ3) is 2.95. The second-order valence-corrected chi connectivity index (χ2v) is 4.41. The van der Waals surface area contributed by atoms with E-state index in [1.54, 1.807) is 43.3 Å². The van der Waals surface area contributed by atoms with Crippen LogP contribution >= 0.6 is 0 Å². The van der Waals surface area contributed by atoms with Gasteiger partial charge in [0, 0.05) is 16.9 Å². The summed E-state index contributed by atoms with van der Waals surface area (Å²) in [6.07, 6.45) is 0. The molecule has 0 saturated heterocycles.